The van der Waals surface area contributed by atoms with Crippen LogP contribution in [0.2, 0.25) is 5.02 Å². The molecular formula is C16H23ClN2. The molecule has 0 bridgehead atoms. The van der Waals surface area contributed by atoms with E-state index in [2.05, 4.69) is 35.3 Å². The summed E-state index contributed by atoms with van der Waals surface area (Å²) in [6.07, 6.45) is 4.08. The minimum absolute atomic E-state index is 0.555. The Labute approximate surface area is 121 Å². The maximum atomic E-state index is 6.10. The van der Waals surface area contributed by atoms with E-state index in [1.165, 1.54) is 37.9 Å². The summed E-state index contributed by atoms with van der Waals surface area (Å²) < 4.78 is 0. The molecule has 2 aliphatic rings. The van der Waals surface area contributed by atoms with Crippen LogP contribution >= 0.6 is 11.6 Å². The highest BCUT2D eigenvalue weighted by Crippen LogP contribution is 2.32. The van der Waals surface area contributed by atoms with Crippen molar-refractivity contribution in [3.63, 3.8) is 0 Å². The molecule has 3 heteroatoms. The van der Waals surface area contributed by atoms with Gasteiger partial charge in [-0.15, -0.1) is 0 Å². The zero-order valence-electron chi connectivity index (χ0n) is 11.6. The number of rotatable bonds is 5. The van der Waals surface area contributed by atoms with Gasteiger partial charge in [0, 0.05) is 30.2 Å². The molecule has 2 atom stereocenters. The van der Waals surface area contributed by atoms with Gasteiger partial charge in [-0.3, -0.25) is 4.90 Å². The minimum atomic E-state index is 0.555. The normalized spacial score (nSPS) is 24.9. The van der Waals surface area contributed by atoms with Crippen LogP contribution in [0.5, 0.6) is 0 Å². The third-order valence-electron chi connectivity index (χ3n) is 4.42. The SMILES string of the molecule is CC(CN(C1CC1)C1CCNC1)c1cccc(Cl)c1. The molecule has 1 aliphatic carbocycles. The van der Waals surface area contributed by atoms with Crippen LogP contribution in [-0.2, 0) is 0 Å². The van der Waals surface area contributed by atoms with E-state index in [0.717, 1.165) is 23.7 Å². The Morgan fingerprint density at radius 2 is 2.16 bits per heavy atom. The van der Waals surface area contributed by atoms with E-state index in [-0.39, 0.29) is 0 Å². The van der Waals surface area contributed by atoms with Crippen LogP contribution in [0.4, 0.5) is 0 Å². The first-order valence-corrected chi connectivity index (χ1v) is 7.84. The molecule has 2 unspecified atom stereocenters. The van der Waals surface area contributed by atoms with Crippen molar-refractivity contribution in [2.45, 2.75) is 44.2 Å². The molecule has 1 aromatic carbocycles. The van der Waals surface area contributed by atoms with Gasteiger partial charge in [0.2, 0.25) is 0 Å². The average molecular weight is 279 g/mol. The quantitative estimate of drug-likeness (QED) is 0.889. The molecule has 19 heavy (non-hydrogen) atoms. The van der Waals surface area contributed by atoms with Gasteiger partial charge in [0.1, 0.15) is 0 Å². The van der Waals surface area contributed by atoms with Crippen LogP contribution in [0.15, 0.2) is 24.3 Å². The summed E-state index contributed by atoms with van der Waals surface area (Å²) in [4.78, 5) is 2.74. The van der Waals surface area contributed by atoms with E-state index in [1.807, 2.05) is 6.07 Å². The zero-order chi connectivity index (χ0) is 13.2. The van der Waals surface area contributed by atoms with Crippen LogP contribution in [0.25, 0.3) is 0 Å². The maximum absolute atomic E-state index is 6.10. The van der Waals surface area contributed by atoms with Gasteiger partial charge >= 0.3 is 0 Å². The van der Waals surface area contributed by atoms with Crippen molar-refractivity contribution in [3.8, 4) is 0 Å². The Kier molecular flexibility index (Phi) is 4.11. The van der Waals surface area contributed by atoms with E-state index in [1.54, 1.807) is 0 Å². The second-order valence-corrected chi connectivity index (χ2v) is 6.47. The van der Waals surface area contributed by atoms with E-state index < -0.39 is 0 Å². The van der Waals surface area contributed by atoms with Crippen LogP contribution in [0, 0.1) is 0 Å². The molecule has 3 rings (SSSR count). The highest BCUT2D eigenvalue weighted by atomic mass is 35.5. The maximum Gasteiger partial charge on any atom is 0.0408 e. The number of nitrogens with zero attached hydrogens (tertiary/aromatic N) is 1. The second-order valence-electron chi connectivity index (χ2n) is 6.03. The largest absolute Gasteiger partial charge is 0.315 e. The third-order valence-corrected chi connectivity index (χ3v) is 4.66. The first-order valence-electron chi connectivity index (χ1n) is 7.46. The van der Waals surface area contributed by atoms with Gasteiger partial charge in [-0.2, -0.15) is 0 Å². The standard InChI is InChI=1S/C16H23ClN2/c1-12(13-3-2-4-14(17)9-13)11-19(15-5-6-15)16-7-8-18-10-16/h2-4,9,12,15-16,18H,5-8,10-11H2,1H3. The molecule has 1 heterocycles. The topological polar surface area (TPSA) is 15.3 Å². The lowest BCUT2D eigenvalue weighted by molar-refractivity contribution is 0.188. The molecule has 0 aromatic heterocycles. The zero-order valence-corrected chi connectivity index (χ0v) is 12.4. The van der Waals surface area contributed by atoms with Crippen molar-refractivity contribution in [1.82, 2.24) is 10.2 Å². The smallest absolute Gasteiger partial charge is 0.0408 e. The second kappa shape index (κ2) is 5.82. The monoisotopic (exact) mass is 278 g/mol. The van der Waals surface area contributed by atoms with Gasteiger partial charge in [0.25, 0.3) is 0 Å². The molecule has 1 aliphatic heterocycles. The number of hydrogen-bond donors (Lipinski definition) is 1. The first-order chi connectivity index (χ1) is 9.24. The summed E-state index contributed by atoms with van der Waals surface area (Å²) in [6.45, 7) is 5.83. The molecule has 1 N–H and O–H groups in total. The lowest BCUT2D eigenvalue weighted by Crippen LogP contribution is -2.40. The molecule has 2 fully saturated rings. The molecule has 2 nitrogen and oxygen atoms in total. The van der Waals surface area contributed by atoms with Gasteiger partial charge in [0.05, 0.1) is 0 Å². The van der Waals surface area contributed by atoms with Crippen molar-refractivity contribution in [2.75, 3.05) is 19.6 Å². The lowest BCUT2D eigenvalue weighted by atomic mass is 9.99. The molecule has 104 valence electrons. The summed E-state index contributed by atoms with van der Waals surface area (Å²) >= 11 is 6.10. The Bertz CT molecular complexity index is 425. The van der Waals surface area contributed by atoms with E-state index in [0.29, 0.717) is 5.92 Å². The van der Waals surface area contributed by atoms with Crippen molar-refractivity contribution in [3.05, 3.63) is 34.9 Å². The summed E-state index contributed by atoms with van der Waals surface area (Å²) in [5.41, 5.74) is 1.36. The average Bonchev–Trinajstić information content (AvgIpc) is 3.10. The third kappa shape index (κ3) is 3.31. The Hall–Kier alpha value is -0.570. The molecule has 0 radical (unpaired) electrons. The highest BCUT2D eigenvalue weighted by Gasteiger charge is 2.35. The van der Waals surface area contributed by atoms with Gasteiger partial charge in [-0.1, -0.05) is 30.7 Å². The number of hydrogen-bond acceptors (Lipinski definition) is 2. The lowest BCUT2D eigenvalue weighted by Gasteiger charge is -2.31. The Morgan fingerprint density at radius 3 is 2.79 bits per heavy atom. The van der Waals surface area contributed by atoms with E-state index in [9.17, 15) is 0 Å². The van der Waals surface area contributed by atoms with Crippen LogP contribution in [-0.4, -0.2) is 36.6 Å². The van der Waals surface area contributed by atoms with Gasteiger partial charge in [-0.05, 0) is 49.4 Å². The van der Waals surface area contributed by atoms with Crippen molar-refractivity contribution >= 4 is 11.6 Å². The predicted octanol–water partition coefficient (Wildman–Crippen LogP) is 3.27. The first kappa shape index (κ1) is 13.4. The molecule has 1 aromatic rings. The van der Waals surface area contributed by atoms with Gasteiger partial charge < -0.3 is 5.32 Å². The van der Waals surface area contributed by atoms with Crippen LogP contribution in [0.1, 0.15) is 37.7 Å². The van der Waals surface area contributed by atoms with Crippen molar-refractivity contribution < 1.29 is 0 Å². The minimum Gasteiger partial charge on any atom is -0.315 e. The Morgan fingerprint density at radius 1 is 1.32 bits per heavy atom. The van der Waals surface area contributed by atoms with E-state index in [4.69, 9.17) is 11.6 Å². The summed E-state index contributed by atoms with van der Waals surface area (Å²) in [5, 5.41) is 4.35. The molecule has 1 saturated carbocycles. The molecule has 0 spiro atoms. The van der Waals surface area contributed by atoms with Gasteiger partial charge in [0.15, 0.2) is 0 Å². The van der Waals surface area contributed by atoms with Crippen molar-refractivity contribution in [2.24, 2.45) is 0 Å². The number of halogens is 1. The molecule has 0 amide bonds. The van der Waals surface area contributed by atoms with E-state index >= 15 is 0 Å². The fraction of sp³-hybridized carbons (Fsp3) is 0.625. The summed E-state index contributed by atoms with van der Waals surface area (Å²) in [6, 6.07) is 9.92. The van der Waals surface area contributed by atoms with Crippen molar-refractivity contribution in [1.29, 1.82) is 0 Å². The van der Waals surface area contributed by atoms with Gasteiger partial charge in [-0.25, -0.2) is 0 Å². The van der Waals surface area contributed by atoms with Crippen LogP contribution < -0.4 is 5.32 Å². The fourth-order valence-corrected chi connectivity index (χ4v) is 3.36. The molecule has 1 saturated heterocycles. The Balaban J connectivity index is 1.67. The predicted molar refractivity (Wildman–Crippen MR) is 80.9 cm³/mol. The summed E-state index contributed by atoms with van der Waals surface area (Å²) in [5.74, 6) is 0.555. The highest BCUT2D eigenvalue weighted by molar-refractivity contribution is 6.30. The fourth-order valence-electron chi connectivity index (χ4n) is 3.16. The van der Waals surface area contributed by atoms with Crippen LogP contribution in [0.3, 0.4) is 0 Å². The summed E-state index contributed by atoms with van der Waals surface area (Å²) in [7, 11) is 0. The number of nitrogens with one attached hydrogen (secondary N) is 1. The number of benzene rings is 1. The molecular weight excluding hydrogens is 256 g/mol.